The van der Waals surface area contributed by atoms with E-state index >= 15 is 0 Å². The van der Waals surface area contributed by atoms with E-state index in [1.807, 2.05) is 32.9 Å². The lowest BCUT2D eigenvalue weighted by Gasteiger charge is -2.40. The summed E-state index contributed by atoms with van der Waals surface area (Å²) in [4.78, 5) is 1.75. The van der Waals surface area contributed by atoms with E-state index in [4.69, 9.17) is 20.0 Å². The molecule has 1 rings (SSSR count). The third kappa shape index (κ3) is 2.73. The molecule has 0 aromatic rings. The molecule has 6 heteroatoms. The molecule has 0 spiro atoms. The molecule has 98 valence electrons. The van der Waals surface area contributed by atoms with E-state index in [2.05, 4.69) is 5.32 Å². The van der Waals surface area contributed by atoms with E-state index in [1.54, 1.807) is 4.90 Å². The number of nitrogens with one attached hydrogen (secondary N) is 1. The molecule has 0 radical (unpaired) electrons. The van der Waals surface area contributed by atoms with Crippen molar-refractivity contribution >= 4 is 0 Å². The highest BCUT2D eigenvalue weighted by Crippen LogP contribution is 2.22. The number of likely N-dealkylation sites (N-methyl/N-ethyl adjacent to an activating group) is 1. The summed E-state index contributed by atoms with van der Waals surface area (Å²) in [5, 5.41) is 21.1. The lowest BCUT2D eigenvalue weighted by Crippen LogP contribution is -2.56. The van der Waals surface area contributed by atoms with Crippen LogP contribution in [0.1, 0.15) is 20.8 Å². The highest BCUT2D eigenvalue weighted by atomic mass is 16.6. The van der Waals surface area contributed by atoms with Gasteiger partial charge in [0.2, 0.25) is 0 Å². The summed E-state index contributed by atoms with van der Waals surface area (Å²) in [6, 6.07) is 4.03. The summed E-state index contributed by atoms with van der Waals surface area (Å²) < 4.78 is 11.2. The quantitative estimate of drug-likeness (QED) is 0.780. The van der Waals surface area contributed by atoms with E-state index in [1.165, 1.54) is 0 Å². The molecule has 0 unspecified atom stereocenters. The van der Waals surface area contributed by atoms with Crippen LogP contribution in [0, 0.1) is 22.7 Å². The monoisotopic (exact) mass is 250 g/mol. The maximum absolute atomic E-state index is 9.16. The minimum absolute atomic E-state index is 0.230. The first-order chi connectivity index (χ1) is 8.73. The molecule has 0 fully saturated rings. The molecule has 1 N–H and O–H groups in total. The summed E-state index contributed by atoms with van der Waals surface area (Å²) in [7, 11) is 0. The fourth-order valence-corrected chi connectivity index (χ4v) is 1.91. The van der Waals surface area contributed by atoms with Crippen LogP contribution in [-0.4, -0.2) is 37.1 Å². The number of hydrogen-bond acceptors (Lipinski definition) is 6. The summed E-state index contributed by atoms with van der Waals surface area (Å²) >= 11 is 0. The second-order valence-corrected chi connectivity index (χ2v) is 3.60. The molecule has 6 nitrogen and oxygen atoms in total. The molecule has 0 saturated carbocycles. The van der Waals surface area contributed by atoms with Gasteiger partial charge in [0.05, 0.1) is 0 Å². The van der Waals surface area contributed by atoms with Crippen LogP contribution in [-0.2, 0) is 9.47 Å². The van der Waals surface area contributed by atoms with E-state index in [-0.39, 0.29) is 5.70 Å². The Balaban J connectivity index is 3.11. The van der Waals surface area contributed by atoms with Gasteiger partial charge in [0, 0.05) is 19.8 Å². The summed E-state index contributed by atoms with van der Waals surface area (Å²) in [6.45, 7) is 7.24. The Hall–Kier alpha value is -1.76. The SMILES string of the molecule is CCO[C@H]1NC(C#N)=C(C#N)N(CC)[C@@H]1OCC. The average Bonchev–Trinajstić information content (AvgIpc) is 2.39. The van der Waals surface area contributed by atoms with Gasteiger partial charge in [-0.05, 0) is 20.8 Å². The van der Waals surface area contributed by atoms with Gasteiger partial charge in [-0.1, -0.05) is 0 Å². The van der Waals surface area contributed by atoms with Crippen LogP contribution < -0.4 is 5.32 Å². The van der Waals surface area contributed by atoms with Crippen molar-refractivity contribution in [3.8, 4) is 12.1 Å². The fraction of sp³-hybridized carbons (Fsp3) is 0.667. The Morgan fingerprint density at radius 3 is 2.28 bits per heavy atom. The minimum atomic E-state index is -0.443. The minimum Gasteiger partial charge on any atom is -0.354 e. The zero-order valence-electron chi connectivity index (χ0n) is 10.9. The third-order valence-corrected chi connectivity index (χ3v) is 2.62. The lowest BCUT2D eigenvalue weighted by molar-refractivity contribution is -0.144. The first-order valence-electron chi connectivity index (χ1n) is 6.04. The van der Waals surface area contributed by atoms with Crippen molar-refractivity contribution in [2.24, 2.45) is 0 Å². The maximum Gasteiger partial charge on any atom is 0.175 e. The van der Waals surface area contributed by atoms with Gasteiger partial charge in [-0.25, -0.2) is 0 Å². The van der Waals surface area contributed by atoms with Crippen molar-refractivity contribution in [3.05, 3.63) is 11.4 Å². The number of nitriles is 2. The normalized spacial score (nSPS) is 23.3. The molecule has 0 bridgehead atoms. The van der Waals surface area contributed by atoms with Crippen molar-refractivity contribution in [3.63, 3.8) is 0 Å². The third-order valence-electron chi connectivity index (χ3n) is 2.62. The zero-order chi connectivity index (χ0) is 13.5. The Morgan fingerprint density at radius 2 is 1.83 bits per heavy atom. The van der Waals surface area contributed by atoms with E-state index in [9.17, 15) is 0 Å². The van der Waals surface area contributed by atoms with Crippen molar-refractivity contribution in [1.82, 2.24) is 10.2 Å². The van der Waals surface area contributed by atoms with Crippen molar-refractivity contribution in [2.75, 3.05) is 19.8 Å². The standard InChI is InChI=1S/C12H18N4O2/c1-4-16-10(8-14)9(7-13)15-11(17-5-2)12(16)18-6-3/h11-12,15H,4-6H2,1-3H3/t11-,12-/m1/s1. The molecular formula is C12H18N4O2. The Kier molecular flexibility index (Phi) is 5.44. The van der Waals surface area contributed by atoms with E-state index in [0.717, 1.165) is 0 Å². The number of ether oxygens (including phenoxy) is 2. The van der Waals surface area contributed by atoms with Crippen LogP contribution in [0.3, 0.4) is 0 Å². The van der Waals surface area contributed by atoms with Crippen molar-refractivity contribution in [1.29, 1.82) is 10.5 Å². The predicted molar refractivity (Wildman–Crippen MR) is 64.6 cm³/mol. The van der Waals surface area contributed by atoms with Gasteiger partial charge in [-0.2, -0.15) is 10.5 Å². The van der Waals surface area contributed by atoms with Gasteiger partial charge in [-0.15, -0.1) is 0 Å². The number of nitrogens with zero attached hydrogens (tertiary/aromatic N) is 3. The van der Waals surface area contributed by atoms with Crippen molar-refractivity contribution < 1.29 is 9.47 Å². The van der Waals surface area contributed by atoms with Crippen LogP contribution in [0.15, 0.2) is 11.4 Å². The van der Waals surface area contributed by atoms with Gasteiger partial charge < -0.3 is 19.7 Å². The Morgan fingerprint density at radius 1 is 1.17 bits per heavy atom. The topological polar surface area (TPSA) is 81.3 Å². The molecule has 2 atom stereocenters. The van der Waals surface area contributed by atoms with Crippen molar-refractivity contribution in [2.45, 2.75) is 33.2 Å². The number of hydrogen-bond donors (Lipinski definition) is 1. The Labute approximate surface area is 107 Å². The van der Waals surface area contributed by atoms with E-state index < -0.39 is 12.5 Å². The molecule has 0 aromatic carbocycles. The summed E-state index contributed by atoms with van der Waals surface area (Å²) in [5.74, 6) is 0. The molecule has 18 heavy (non-hydrogen) atoms. The second kappa shape index (κ2) is 6.85. The highest BCUT2D eigenvalue weighted by Gasteiger charge is 2.36. The van der Waals surface area contributed by atoms with Gasteiger partial charge in [0.15, 0.2) is 18.2 Å². The lowest BCUT2D eigenvalue weighted by atomic mass is 10.2. The first-order valence-corrected chi connectivity index (χ1v) is 6.04. The van der Waals surface area contributed by atoms with E-state index in [0.29, 0.717) is 25.5 Å². The fourth-order valence-electron chi connectivity index (χ4n) is 1.91. The molecule has 0 aromatic heterocycles. The zero-order valence-corrected chi connectivity index (χ0v) is 10.9. The molecule has 1 aliphatic rings. The van der Waals surface area contributed by atoms with Crippen LogP contribution >= 0.6 is 0 Å². The van der Waals surface area contributed by atoms with Gasteiger partial charge >= 0.3 is 0 Å². The molecule has 1 heterocycles. The van der Waals surface area contributed by atoms with Gasteiger partial charge in [0.1, 0.15) is 17.8 Å². The van der Waals surface area contributed by atoms with Gasteiger partial charge in [0.25, 0.3) is 0 Å². The van der Waals surface area contributed by atoms with Crippen LogP contribution in [0.25, 0.3) is 0 Å². The predicted octanol–water partition coefficient (Wildman–Crippen LogP) is 0.895. The van der Waals surface area contributed by atoms with Crippen LogP contribution in [0.2, 0.25) is 0 Å². The van der Waals surface area contributed by atoms with Crippen LogP contribution in [0.4, 0.5) is 0 Å². The second-order valence-electron chi connectivity index (χ2n) is 3.60. The highest BCUT2D eigenvalue weighted by molar-refractivity contribution is 5.37. The van der Waals surface area contributed by atoms with Crippen LogP contribution in [0.5, 0.6) is 0 Å². The average molecular weight is 250 g/mol. The summed E-state index contributed by atoms with van der Waals surface area (Å²) in [6.07, 6.45) is -0.839. The number of rotatable bonds is 5. The molecule has 0 amide bonds. The smallest absolute Gasteiger partial charge is 0.175 e. The number of allylic oxidation sites excluding steroid dienone is 2. The largest absolute Gasteiger partial charge is 0.354 e. The summed E-state index contributed by atoms with van der Waals surface area (Å²) in [5.41, 5.74) is 0.531. The van der Waals surface area contributed by atoms with Gasteiger partial charge in [-0.3, -0.25) is 0 Å². The Bertz CT molecular complexity index is 394. The molecule has 1 aliphatic heterocycles. The maximum atomic E-state index is 9.16. The molecule has 0 aliphatic carbocycles. The molecular weight excluding hydrogens is 232 g/mol. The first kappa shape index (κ1) is 14.3. The molecule has 0 saturated heterocycles.